The van der Waals surface area contributed by atoms with Gasteiger partial charge < -0.3 is 24.4 Å². The summed E-state index contributed by atoms with van der Waals surface area (Å²) in [6, 6.07) is 9.81. The second kappa shape index (κ2) is 9.45. The first-order valence-electron chi connectivity index (χ1n) is 9.48. The number of halogens is 2. The quantitative estimate of drug-likeness (QED) is 0.763. The van der Waals surface area contributed by atoms with Gasteiger partial charge in [0.15, 0.2) is 29.2 Å². The first-order valence-corrected chi connectivity index (χ1v) is 9.48. The summed E-state index contributed by atoms with van der Waals surface area (Å²) in [6.07, 6.45) is -0.282. The van der Waals surface area contributed by atoms with E-state index in [1.165, 1.54) is 6.07 Å². The van der Waals surface area contributed by atoms with E-state index in [9.17, 15) is 13.6 Å². The number of amides is 2. The Morgan fingerprint density at radius 2 is 2.03 bits per heavy atom. The van der Waals surface area contributed by atoms with Gasteiger partial charge in [-0.25, -0.2) is 13.6 Å². The summed E-state index contributed by atoms with van der Waals surface area (Å²) < 4.78 is 43.5. The van der Waals surface area contributed by atoms with Crippen LogP contribution in [0.5, 0.6) is 17.2 Å². The molecule has 0 saturated carbocycles. The van der Waals surface area contributed by atoms with Crippen LogP contribution in [-0.4, -0.2) is 49.4 Å². The Morgan fingerprint density at radius 3 is 2.76 bits per heavy atom. The summed E-state index contributed by atoms with van der Waals surface area (Å²) in [5, 5.41) is 2.81. The maximum absolute atomic E-state index is 13.6. The highest BCUT2D eigenvalue weighted by molar-refractivity contribution is 5.74. The molecular formula is C21H24F2N2O4. The minimum absolute atomic E-state index is 0.0439. The van der Waals surface area contributed by atoms with Gasteiger partial charge in [-0.1, -0.05) is 12.1 Å². The summed E-state index contributed by atoms with van der Waals surface area (Å²) in [5.41, 5.74) is 0. The fourth-order valence-corrected chi connectivity index (χ4v) is 2.91. The van der Waals surface area contributed by atoms with Crippen LogP contribution in [0.1, 0.15) is 13.8 Å². The summed E-state index contributed by atoms with van der Waals surface area (Å²) in [5.74, 6) is -0.177. The molecule has 1 N–H and O–H groups in total. The van der Waals surface area contributed by atoms with Crippen LogP contribution < -0.4 is 19.5 Å². The number of carbonyl (C=O) groups is 1. The number of nitrogens with zero attached hydrogens (tertiary/aromatic N) is 1. The number of rotatable bonds is 7. The second-order valence-electron chi connectivity index (χ2n) is 6.77. The molecule has 29 heavy (non-hydrogen) atoms. The number of fused-ring (bicyclic) bond motifs is 1. The van der Waals surface area contributed by atoms with Crippen LogP contribution in [0, 0.1) is 11.6 Å². The third-order valence-electron chi connectivity index (χ3n) is 4.41. The van der Waals surface area contributed by atoms with Gasteiger partial charge in [0.05, 0.1) is 12.6 Å². The van der Waals surface area contributed by atoms with Crippen molar-refractivity contribution in [3.05, 3.63) is 54.1 Å². The number of urea groups is 1. The Kier molecular flexibility index (Phi) is 6.74. The molecule has 0 saturated heterocycles. The number of likely N-dealkylation sites (N-methyl/N-ethyl adjacent to an activating group) is 1. The zero-order chi connectivity index (χ0) is 20.8. The largest absolute Gasteiger partial charge is 0.488 e. The molecule has 0 radical (unpaired) electrons. The van der Waals surface area contributed by atoms with Gasteiger partial charge in [-0.15, -0.1) is 0 Å². The van der Waals surface area contributed by atoms with Gasteiger partial charge in [0.1, 0.15) is 19.0 Å². The number of para-hydroxylation sites is 2. The van der Waals surface area contributed by atoms with Gasteiger partial charge in [0, 0.05) is 12.6 Å². The lowest BCUT2D eigenvalue weighted by Gasteiger charge is -2.31. The van der Waals surface area contributed by atoms with Crippen LogP contribution in [0.25, 0.3) is 0 Å². The number of benzene rings is 2. The minimum atomic E-state index is -0.784. The Labute approximate surface area is 168 Å². The van der Waals surface area contributed by atoms with E-state index in [2.05, 4.69) is 5.32 Å². The summed E-state index contributed by atoms with van der Waals surface area (Å²) in [6.45, 7) is 4.84. The Hall–Kier alpha value is -3.03. The maximum atomic E-state index is 13.6. The summed E-state index contributed by atoms with van der Waals surface area (Å²) in [7, 11) is 0. The second-order valence-corrected chi connectivity index (χ2v) is 6.77. The minimum Gasteiger partial charge on any atom is -0.488 e. The standard InChI is InChI=1S/C21H24F2N2O4/c1-3-25(11-16-13-28-19-6-4-5-7-20(19)29-16)21(26)24-14(2)12-27-18-9-8-15(22)10-17(18)23/h4-10,14,16H,3,11-13H2,1-2H3,(H,24,26). The van der Waals surface area contributed by atoms with E-state index in [1.54, 1.807) is 11.8 Å². The molecule has 2 aromatic carbocycles. The van der Waals surface area contributed by atoms with Crippen molar-refractivity contribution < 1.29 is 27.8 Å². The van der Waals surface area contributed by atoms with Gasteiger partial charge >= 0.3 is 6.03 Å². The predicted molar refractivity (Wildman–Crippen MR) is 103 cm³/mol. The normalized spacial score (nSPS) is 16.1. The van der Waals surface area contributed by atoms with Gasteiger partial charge in [-0.3, -0.25) is 0 Å². The maximum Gasteiger partial charge on any atom is 0.317 e. The Bertz CT molecular complexity index is 849. The molecule has 6 nitrogen and oxygen atoms in total. The highest BCUT2D eigenvalue weighted by Gasteiger charge is 2.25. The van der Waals surface area contributed by atoms with E-state index >= 15 is 0 Å². The van der Waals surface area contributed by atoms with Crippen LogP contribution in [0.15, 0.2) is 42.5 Å². The number of carbonyl (C=O) groups excluding carboxylic acids is 1. The molecule has 3 rings (SSSR count). The zero-order valence-corrected chi connectivity index (χ0v) is 16.4. The average Bonchev–Trinajstić information content (AvgIpc) is 2.71. The van der Waals surface area contributed by atoms with Crippen molar-refractivity contribution in [2.24, 2.45) is 0 Å². The molecule has 1 aliphatic heterocycles. The molecule has 156 valence electrons. The highest BCUT2D eigenvalue weighted by Crippen LogP contribution is 2.31. The molecule has 0 aliphatic carbocycles. The topological polar surface area (TPSA) is 60.0 Å². The van der Waals surface area contributed by atoms with Crippen molar-refractivity contribution in [2.75, 3.05) is 26.3 Å². The van der Waals surface area contributed by atoms with Crippen LogP contribution in [0.4, 0.5) is 13.6 Å². The molecule has 0 bridgehead atoms. The SMILES string of the molecule is CCN(CC1COc2ccccc2O1)C(=O)NC(C)COc1ccc(F)cc1F. The third-order valence-corrected chi connectivity index (χ3v) is 4.41. The van der Waals surface area contributed by atoms with Crippen molar-refractivity contribution >= 4 is 6.03 Å². The Balaban J connectivity index is 1.49. The fraction of sp³-hybridized carbons (Fsp3) is 0.381. The molecule has 2 atom stereocenters. The number of hydrogen-bond acceptors (Lipinski definition) is 4. The van der Waals surface area contributed by atoms with Crippen LogP contribution >= 0.6 is 0 Å². The van der Waals surface area contributed by atoms with Crippen LogP contribution in [-0.2, 0) is 0 Å². The van der Waals surface area contributed by atoms with Gasteiger partial charge in [-0.2, -0.15) is 0 Å². The van der Waals surface area contributed by atoms with Crippen molar-refractivity contribution in [3.8, 4) is 17.2 Å². The van der Waals surface area contributed by atoms with Gasteiger partial charge in [0.25, 0.3) is 0 Å². The molecular weight excluding hydrogens is 382 g/mol. The van der Waals surface area contributed by atoms with Crippen LogP contribution in [0.3, 0.4) is 0 Å². The van der Waals surface area contributed by atoms with E-state index in [1.807, 2.05) is 31.2 Å². The first kappa shape index (κ1) is 20.7. The predicted octanol–water partition coefficient (Wildman–Crippen LogP) is 3.60. The fourth-order valence-electron chi connectivity index (χ4n) is 2.91. The van der Waals surface area contributed by atoms with E-state index in [0.29, 0.717) is 31.2 Å². The number of ether oxygens (including phenoxy) is 3. The average molecular weight is 406 g/mol. The lowest BCUT2D eigenvalue weighted by molar-refractivity contribution is 0.0669. The highest BCUT2D eigenvalue weighted by atomic mass is 19.1. The molecule has 8 heteroatoms. The van der Waals surface area contributed by atoms with Crippen molar-refractivity contribution in [3.63, 3.8) is 0 Å². The van der Waals surface area contributed by atoms with E-state index in [0.717, 1.165) is 12.1 Å². The number of nitrogens with one attached hydrogen (secondary N) is 1. The molecule has 0 aromatic heterocycles. The molecule has 0 fully saturated rings. The third kappa shape index (κ3) is 5.49. The van der Waals surface area contributed by atoms with Crippen LogP contribution in [0.2, 0.25) is 0 Å². The molecule has 1 aliphatic rings. The van der Waals surface area contributed by atoms with Gasteiger partial charge in [0.2, 0.25) is 0 Å². The van der Waals surface area contributed by atoms with Crippen molar-refractivity contribution in [1.29, 1.82) is 0 Å². The lowest BCUT2D eigenvalue weighted by atomic mass is 10.2. The molecule has 2 aromatic rings. The van der Waals surface area contributed by atoms with E-state index in [4.69, 9.17) is 14.2 Å². The van der Waals surface area contributed by atoms with Gasteiger partial charge in [-0.05, 0) is 38.1 Å². The monoisotopic (exact) mass is 406 g/mol. The number of hydrogen-bond donors (Lipinski definition) is 1. The smallest absolute Gasteiger partial charge is 0.317 e. The molecule has 1 heterocycles. The first-order chi connectivity index (χ1) is 14.0. The zero-order valence-electron chi connectivity index (χ0n) is 16.4. The van der Waals surface area contributed by atoms with E-state index < -0.39 is 11.6 Å². The molecule has 2 amide bonds. The Morgan fingerprint density at radius 1 is 1.28 bits per heavy atom. The molecule has 0 spiro atoms. The van der Waals surface area contributed by atoms with Crippen molar-refractivity contribution in [2.45, 2.75) is 26.0 Å². The van der Waals surface area contributed by atoms with Crippen molar-refractivity contribution in [1.82, 2.24) is 10.2 Å². The summed E-state index contributed by atoms with van der Waals surface area (Å²) >= 11 is 0. The molecule has 2 unspecified atom stereocenters. The summed E-state index contributed by atoms with van der Waals surface area (Å²) in [4.78, 5) is 14.2. The van der Waals surface area contributed by atoms with E-state index in [-0.39, 0.29) is 30.5 Å². The lowest BCUT2D eigenvalue weighted by Crippen LogP contribution is -2.50.